The van der Waals surface area contributed by atoms with E-state index < -0.39 is 22.2 Å². The maximum atomic E-state index is 13.7. The molecule has 0 aromatic carbocycles. The average molecular weight is 259 g/mol. The van der Waals surface area contributed by atoms with E-state index in [4.69, 9.17) is 11.6 Å². The highest BCUT2D eigenvalue weighted by atomic mass is 35.5. The topological polar surface area (TPSA) is 81.8 Å². The van der Waals surface area contributed by atoms with Crippen molar-refractivity contribution in [2.24, 2.45) is 0 Å². The third-order valence-electron chi connectivity index (χ3n) is 2.19. The summed E-state index contributed by atoms with van der Waals surface area (Å²) in [4.78, 5) is 32.2. The van der Waals surface area contributed by atoms with Gasteiger partial charge in [-0.15, -0.1) is 0 Å². The lowest BCUT2D eigenvalue weighted by molar-refractivity contribution is 0.630. The van der Waals surface area contributed by atoms with E-state index in [2.05, 4.69) is 9.97 Å². The summed E-state index contributed by atoms with van der Waals surface area (Å²) in [7, 11) is 3.25. The first kappa shape index (κ1) is 11.6. The number of rotatable bonds is 1. The van der Waals surface area contributed by atoms with E-state index in [-0.39, 0.29) is 16.7 Å². The molecule has 0 aliphatic rings. The van der Waals surface area contributed by atoms with E-state index in [1.165, 1.54) is 4.90 Å². The number of halogens is 2. The third kappa shape index (κ3) is 1.78. The molecule has 6 nitrogen and oxygen atoms in total. The van der Waals surface area contributed by atoms with Crippen molar-refractivity contribution in [2.45, 2.75) is 0 Å². The molecular formula is C9H8ClFN4O2. The fraction of sp³-hybridized carbons (Fsp3) is 0.222. The van der Waals surface area contributed by atoms with Gasteiger partial charge in [0, 0.05) is 14.1 Å². The Balaban J connectivity index is 3.10. The third-order valence-corrected chi connectivity index (χ3v) is 2.44. The van der Waals surface area contributed by atoms with Gasteiger partial charge in [0.25, 0.3) is 5.56 Å². The van der Waals surface area contributed by atoms with Gasteiger partial charge in [0.05, 0.1) is 5.52 Å². The Morgan fingerprint density at radius 3 is 2.53 bits per heavy atom. The molecular weight excluding hydrogens is 251 g/mol. The maximum Gasteiger partial charge on any atom is 0.326 e. The molecule has 0 radical (unpaired) electrons. The van der Waals surface area contributed by atoms with Crippen molar-refractivity contribution in [3.8, 4) is 0 Å². The lowest BCUT2D eigenvalue weighted by Gasteiger charge is -2.14. The molecule has 17 heavy (non-hydrogen) atoms. The summed E-state index contributed by atoms with van der Waals surface area (Å²) in [5, 5.41) is -0.445. The molecule has 0 fully saturated rings. The van der Waals surface area contributed by atoms with Crippen LogP contribution in [0.5, 0.6) is 0 Å². The number of nitrogens with zero attached hydrogens (tertiary/aromatic N) is 2. The Morgan fingerprint density at radius 2 is 1.94 bits per heavy atom. The monoisotopic (exact) mass is 258 g/mol. The number of fused-ring (bicyclic) bond motifs is 1. The van der Waals surface area contributed by atoms with E-state index in [0.29, 0.717) is 0 Å². The lowest BCUT2D eigenvalue weighted by Crippen LogP contribution is -2.25. The van der Waals surface area contributed by atoms with Crippen molar-refractivity contribution < 1.29 is 4.39 Å². The van der Waals surface area contributed by atoms with Crippen molar-refractivity contribution in [1.82, 2.24) is 15.0 Å². The molecule has 2 rings (SSSR count). The van der Waals surface area contributed by atoms with Crippen LogP contribution in [0.15, 0.2) is 9.59 Å². The molecule has 0 atom stereocenters. The quantitative estimate of drug-likeness (QED) is 0.729. The molecule has 0 aliphatic heterocycles. The second-order valence-electron chi connectivity index (χ2n) is 3.59. The Bertz CT molecular complexity index is 706. The minimum atomic E-state index is -0.921. The summed E-state index contributed by atoms with van der Waals surface area (Å²) in [6.07, 6.45) is 0. The molecule has 2 heterocycles. The van der Waals surface area contributed by atoms with Crippen LogP contribution < -0.4 is 16.1 Å². The highest BCUT2D eigenvalue weighted by Crippen LogP contribution is 2.25. The fourth-order valence-electron chi connectivity index (χ4n) is 1.49. The summed E-state index contributed by atoms with van der Waals surface area (Å²) < 4.78 is 13.7. The minimum Gasteiger partial charge on any atom is -0.362 e. The molecule has 0 saturated heterocycles. The second-order valence-corrected chi connectivity index (χ2v) is 3.95. The predicted molar refractivity (Wildman–Crippen MR) is 62.3 cm³/mol. The molecule has 0 spiro atoms. The number of hydrogen-bond donors (Lipinski definition) is 2. The second kappa shape index (κ2) is 3.85. The molecule has 0 saturated carbocycles. The Labute approximate surface area is 99.1 Å². The first-order valence-electron chi connectivity index (χ1n) is 4.60. The van der Waals surface area contributed by atoms with Crippen molar-refractivity contribution >= 4 is 28.3 Å². The molecule has 0 aliphatic carbocycles. The molecule has 8 heteroatoms. The van der Waals surface area contributed by atoms with Crippen LogP contribution in [-0.2, 0) is 0 Å². The smallest absolute Gasteiger partial charge is 0.326 e. The van der Waals surface area contributed by atoms with Gasteiger partial charge < -0.3 is 9.88 Å². The number of H-pyrrole nitrogens is 2. The first-order valence-corrected chi connectivity index (χ1v) is 4.98. The standard InChI is InChI=1S/C9H8ClFN4O2/c1-15(2)7-3-5(4(11)6(10)13-7)12-9(17)14-8(3)16/h1-2H3,(H2,12,14,16,17). The van der Waals surface area contributed by atoms with Crippen LogP contribution in [0.25, 0.3) is 10.9 Å². The number of nitrogens with one attached hydrogen (secondary N) is 2. The van der Waals surface area contributed by atoms with Crippen molar-refractivity contribution in [3.05, 3.63) is 31.8 Å². The van der Waals surface area contributed by atoms with Crippen molar-refractivity contribution in [3.63, 3.8) is 0 Å². The average Bonchev–Trinajstić information content (AvgIpc) is 2.23. The fourth-order valence-corrected chi connectivity index (χ4v) is 1.66. The van der Waals surface area contributed by atoms with Crippen LogP contribution in [0.4, 0.5) is 10.2 Å². The number of aromatic nitrogens is 3. The van der Waals surface area contributed by atoms with Crippen LogP contribution >= 0.6 is 11.6 Å². The van der Waals surface area contributed by atoms with E-state index in [1.54, 1.807) is 14.1 Å². The van der Waals surface area contributed by atoms with Crippen LogP contribution in [-0.4, -0.2) is 29.0 Å². The normalized spacial score (nSPS) is 10.8. The number of anilines is 1. The highest BCUT2D eigenvalue weighted by molar-refractivity contribution is 6.30. The zero-order valence-corrected chi connectivity index (χ0v) is 9.72. The van der Waals surface area contributed by atoms with Gasteiger partial charge in [0.15, 0.2) is 11.0 Å². The summed E-state index contributed by atoms with van der Waals surface area (Å²) in [5.74, 6) is -0.737. The molecule has 2 aromatic heterocycles. The largest absolute Gasteiger partial charge is 0.362 e. The summed E-state index contributed by atoms with van der Waals surface area (Å²) in [5.41, 5.74) is -1.76. The number of hydrogen-bond acceptors (Lipinski definition) is 4. The zero-order valence-electron chi connectivity index (χ0n) is 8.97. The SMILES string of the molecule is CN(C)c1nc(Cl)c(F)c2[nH]c(=O)[nH]c(=O)c12. The summed E-state index contributed by atoms with van der Waals surface area (Å²) >= 11 is 5.59. The van der Waals surface area contributed by atoms with Gasteiger partial charge in [-0.25, -0.2) is 14.2 Å². The van der Waals surface area contributed by atoms with Gasteiger partial charge in [-0.05, 0) is 0 Å². The van der Waals surface area contributed by atoms with Crippen LogP contribution in [0.1, 0.15) is 0 Å². The lowest BCUT2D eigenvalue weighted by atomic mass is 10.2. The number of aromatic amines is 2. The van der Waals surface area contributed by atoms with E-state index >= 15 is 0 Å². The van der Waals surface area contributed by atoms with Crippen molar-refractivity contribution in [1.29, 1.82) is 0 Å². The predicted octanol–water partition coefficient (Wildman–Crippen LogP) is 0.470. The Hall–Kier alpha value is -1.89. The molecule has 0 bridgehead atoms. The van der Waals surface area contributed by atoms with Crippen LogP contribution in [0.2, 0.25) is 5.15 Å². The molecule has 2 N–H and O–H groups in total. The molecule has 90 valence electrons. The van der Waals surface area contributed by atoms with E-state index in [9.17, 15) is 14.0 Å². The van der Waals surface area contributed by atoms with Gasteiger partial charge in [0.2, 0.25) is 0 Å². The van der Waals surface area contributed by atoms with Crippen LogP contribution in [0, 0.1) is 5.82 Å². The van der Waals surface area contributed by atoms with Gasteiger partial charge in [0.1, 0.15) is 11.2 Å². The summed E-state index contributed by atoms with van der Waals surface area (Å²) in [6.45, 7) is 0. The molecule has 2 aromatic rings. The van der Waals surface area contributed by atoms with E-state index in [1.807, 2.05) is 4.98 Å². The minimum absolute atomic E-state index is 0.0449. The van der Waals surface area contributed by atoms with Gasteiger partial charge in [-0.3, -0.25) is 9.78 Å². The Kier molecular flexibility index (Phi) is 2.62. The van der Waals surface area contributed by atoms with Gasteiger partial charge >= 0.3 is 5.69 Å². The molecule has 0 amide bonds. The highest BCUT2D eigenvalue weighted by Gasteiger charge is 2.17. The van der Waals surface area contributed by atoms with E-state index in [0.717, 1.165) is 0 Å². The number of pyridine rings is 1. The van der Waals surface area contributed by atoms with Crippen molar-refractivity contribution in [2.75, 3.05) is 19.0 Å². The molecule has 0 unspecified atom stereocenters. The van der Waals surface area contributed by atoms with Crippen LogP contribution in [0.3, 0.4) is 0 Å². The maximum absolute atomic E-state index is 13.7. The summed E-state index contributed by atoms with van der Waals surface area (Å²) in [6, 6.07) is 0. The van der Waals surface area contributed by atoms with Gasteiger partial charge in [-0.2, -0.15) is 0 Å². The zero-order chi connectivity index (χ0) is 12.7. The first-order chi connectivity index (χ1) is 7.91. The van der Waals surface area contributed by atoms with Gasteiger partial charge in [-0.1, -0.05) is 11.6 Å². The Morgan fingerprint density at radius 1 is 1.29 bits per heavy atom.